The van der Waals surface area contributed by atoms with E-state index in [0.717, 1.165) is 27.7 Å². The van der Waals surface area contributed by atoms with Gasteiger partial charge in [0.15, 0.2) is 0 Å². The van der Waals surface area contributed by atoms with Crippen molar-refractivity contribution in [2.24, 2.45) is 0 Å². The number of para-hydroxylation sites is 1. The van der Waals surface area contributed by atoms with Gasteiger partial charge in [-0.2, -0.15) is 0 Å². The molecule has 0 amide bonds. The number of aryl methyl sites for hydroxylation is 1. The van der Waals surface area contributed by atoms with Crippen LogP contribution in [0.4, 0.5) is 0 Å². The molecule has 2 aromatic carbocycles. The van der Waals surface area contributed by atoms with Crippen molar-refractivity contribution in [1.29, 1.82) is 0 Å². The molecule has 0 unspecified atom stereocenters. The van der Waals surface area contributed by atoms with Crippen LogP contribution in [0.5, 0.6) is 0 Å². The lowest BCUT2D eigenvalue weighted by Gasteiger charge is -1.99. The molecule has 0 bridgehead atoms. The van der Waals surface area contributed by atoms with Crippen LogP contribution in [0, 0.1) is 6.92 Å². The number of fused-ring (bicyclic) bond motifs is 5. The van der Waals surface area contributed by atoms with Crippen molar-refractivity contribution >= 4 is 16.8 Å². The number of hydrogen-bond acceptors (Lipinski definition) is 1. The first kappa shape index (κ1) is 9.66. The molecule has 3 aromatic rings. The van der Waals surface area contributed by atoms with Crippen LogP contribution < -0.4 is 0 Å². The van der Waals surface area contributed by atoms with E-state index in [2.05, 4.69) is 19.1 Å². The maximum atomic E-state index is 12.4. The summed E-state index contributed by atoms with van der Waals surface area (Å²) in [7, 11) is 0. The minimum absolute atomic E-state index is 0.0844. The van der Waals surface area contributed by atoms with Gasteiger partial charge in [0.2, 0.25) is 0 Å². The molecule has 0 fully saturated rings. The number of rotatable bonds is 0. The van der Waals surface area contributed by atoms with Crippen LogP contribution >= 0.6 is 0 Å². The predicted octanol–water partition coefficient (Wildman–Crippen LogP) is 3.62. The minimum atomic E-state index is 0.0844. The Morgan fingerprint density at radius 2 is 1.78 bits per heavy atom. The number of hydrogen-bond donors (Lipinski definition) is 0. The van der Waals surface area contributed by atoms with Crippen molar-refractivity contribution < 1.29 is 4.79 Å². The van der Waals surface area contributed by atoms with Gasteiger partial charge in [-0.3, -0.25) is 9.36 Å². The van der Waals surface area contributed by atoms with Gasteiger partial charge >= 0.3 is 0 Å². The lowest BCUT2D eigenvalue weighted by atomic mass is 10.0. The SMILES string of the molecule is Cc1ccc2c(c1)-c1cc3ccccc3n1C2=O. The monoisotopic (exact) mass is 233 g/mol. The van der Waals surface area contributed by atoms with E-state index >= 15 is 0 Å². The quantitative estimate of drug-likeness (QED) is 0.454. The standard InChI is InChI=1S/C16H11NO/c1-10-6-7-12-13(8-10)15-9-11-4-2-3-5-14(11)17(15)16(12)18/h2-9H,1H3. The van der Waals surface area contributed by atoms with E-state index in [4.69, 9.17) is 0 Å². The molecule has 0 aliphatic carbocycles. The van der Waals surface area contributed by atoms with Crippen LogP contribution in [-0.4, -0.2) is 10.5 Å². The molecular formula is C16H11NO. The van der Waals surface area contributed by atoms with Gasteiger partial charge < -0.3 is 0 Å². The topological polar surface area (TPSA) is 22.0 Å². The second kappa shape index (κ2) is 3.10. The first-order valence-corrected chi connectivity index (χ1v) is 6.02. The molecule has 4 rings (SSSR count). The van der Waals surface area contributed by atoms with Crippen molar-refractivity contribution in [3.8, 4) is 11.3 Å². The van der Waals surface area contributed by atoms with Gasteiger partial charge in [0.1, 0.15) is 0 Å². The Kier molecular flexibility index (Phi) is 1.67. The predicted molar refractivity (Wildman–Crippen MR) is 71.8 cm³/mol. The van der Waals surface area contributed by atoms with Crippen LogP contribution in [0.2, 0.25) is 0 Å². The average molecular weight is 233 g/mol. The van der Waals surface area contributed by atoms with E-state index in [1.54, 1.807) is 0 Å². The average Bonchev–Trinajstić information content (AvgIpc) is 2.87. The maximum Gasteiger partial charge on any atom is 0.263 e. The van der Waals surface area contributed by atoms with Crippen LogP contribution in [0.3, 0.4) is 0 Å². The third-order valence-corrected chi connectivity index (χ3v) is 3.60. The van der Waals surface area contributed by atoms with E-state index in [-0.39, 0.29) is 5.91 Å². The number of aromatic nitrogens is 1. The second-order valence-electron chi connectivity index (χ2n) is 4.78. The van der Waals surface area contributed by atoms with Crippen LogP contribution in [0.25, 0.3) is 22.2 Å². The lowest BCUT2D eigenvalue weighted by Crippen LogP contribution is -2.05. The number of carbonyl (C=O) groups is 1. The first-order chi connectivity index (χ1) is 8.75. The summed E-state index contributed by atoms with van der Waals surface area (Å²) in [6.07, 6.45) is 0. The highest BCUT2D eigenvalue weighted by atomic mass is 16.2. The third-order valence-electron chi connectivity index (χ3n) is 3.60. The maximum absolute atomic E-state index is 12.4. The second-order valence-corrected chi connectivity index (χ2v) is 4.78. The normalized spacial score (nSPS) is 12.8. The molecule has 0 spiro atoms. The van der Waals surface area contributed by atoms with Crippen LogP contribution in [0.1, 0.15) is 15.9 Å². The van der Waals surface area contributed by atoms with E-state index in [0.29, 0.717) is 0 Å². The smallest absolute Gasteiger partial charge is 0.263 e. The Hall–Kier alpha value is -2.35. The van der Waals surface area contributed by atoms with Crippen molar-refractivity contribution in [2.45, 2.75) is 6.92 Å². The van der Waals surface area contributed by atoms with Crippen molar-refractivity contribution in [3.63, 3.8) is 0 Å². The fourth-order valence-electron chi connectivity index (χ4n) is 2.75. The fourth-order valence-corrected chi connectivity index (χ4v) is 2.75. The van der Waals surface area contributed by atoms with Crippen molar-refractivity contribution in [1.82, 2.24) is 4.57 Å². The molecule has 2 heteroatoms. The summed E-state index contributed by atoms with van der Waals surface area (Å²) in [5.74, 6) is 0.0844. The molecule has 0 saturated carbocycles. The Balaban J connectivity index is 2.16. The molecule has 2 nitrogen and oxygen atoms in total. The molecule has 86 valence electrons. The molecule has 1 aromatic heterocycles. The van der Waals surface area contributed by atoms with Gasteiger partial charge in [-0.1, -0.05) is 29.8 Å². The molecule has 0 atom stereocenters. The van der Waals surface area contributed by atoms with Crippen molar-refractivity contribution in [3.05, 3.63) is 59.7 Å². The van der Waals surface area contributed by atoms with Crippen LogP contribution in [0.15, 0.2) is 48.5 Å². The number of benzene rings is 2. The molecule has 1 aliphatic rings. The highest BCUT2D eigenvalue weighted by molar-refractivity contribution is 6.14. The highest BCUT2D eigenvalue weighted by Gasteiger charge is 2.28. The summed E-state index contributed by atoms with van der Waals surface area (Å²) in [6.45, 7) is 2.05. The highest BCUT2D eigenvalue weighted by Crippen LogP contribution is 2.37. The molecule has 0 saturated heterocycles. The Labute approximate surface area is 104 Å². The molecule has 18 heavy (non-hydrogen) atoms. The zero-order chi connectivity index (χ0) is 12.3. The summed E-state index contributed by atoms with van der Waals surface area (Å²) in [5.41, 5.74) is 5.05. The van der Waals surface area contributed by atoms with Gasteiger partial charge in [0.25, 0.3) is 5.91 Å². The largest absolute Gasteiger partial charge is 0.276 e. The first-order valence-electron chi connectivity index (χ1n) is 6.02. The van der Waals surface area contributed by atoms with Gasteiger partial charge in [0.05, 0.1) is 11.2 Å². The molecule has 0 radical (unpaired) electrons. The van der Waals surface area contributed by atoms with E-state index in [9.17, 15) is 4.79 Å². The minimum Gasteiger partial charge on any atom is -0.276 e. The molecule has 1 aliphatic heterocycles. The molecular weight excluding hydrogens is 222 g/mol. The van der Waals surface area contributed by atoms with Gasteiger partial charge in [-0.05, 0) is 31.2 Å². The van der Waals surface area contributed by atoms with Crippen molar-refractivity contribution in [2.75, 3.05) is 0 Å². The Bertz CT molecular complexity index is 811. The summed E-state index contributed by atoms with van der Waals surface area (Å²) < 4.78 is 1.82. The van der Waals surface area contributed by atoms with Gasteiger partial charge in [-0.15, -0.1) is 0 Å². The van der Waals surface area contributed by atoms with Crippen LogP contribution in [-0.2, 0) is 0 Å². The Morgan fingerprint density at radius 3 is 2.67 bits per heavy atom. The lowest BCUT2D eigenvalue weighted by molar-refractivity contribution is 0.0973. The zero-order valence-corrected chi connectivity index (χ0v) is 9.97. The summed E-state index contributed by atoms with van der Waals surface area (Å²) in [4.78, 5) is 12.4. The number of nitrogens with zero attached hydrogens (tertiary/aromatic N) is 1. The van der Waals surface area contributed by atoms with E-state index in [1.165, 1.54) is 5.56 Å². The Morgan fingerprint density at radius 1 is 0.944 bits per heavy atom. The van der Waals surface area contributed by atoms with Gasteiger partial charge in [0, 0.05) is 16.5 Å². The summed E-state index contributed by atoms with van der Waals surface area (Å²) >= 11 is 0. The fraction of sp³-hybridized carbons (Fsp3) is 0.0625. The van der Waals surface area contributed by atoms with E-state index in [1.807, 2.05) is 41.0 Å². The summed E-state index contributed by atoms with van der Waals surface area (Å²) in [6, 6.07) is 16.1. The number of carbonyl (C=O) groups excluding carboxylic acids is 1. The third kappa shape index (κ3) is 1.05. The molecule has 0 N–H and O–H groups in total. The van der Waals surface area contributed by atoms with Gasteiger partial charge in [-0.25, -0.2) is 0 Å². The summed E-state index contributed by atoms with van der Waals surface area (Å²) in [5, 5.41) is 1.12. The molecule has 2 heterocycles. The van der Waals surface area contributed by atoms with E-state index < -0.39 is 0 Å². The zero-order valence-electron chi connectivity index (χ0n) is 9.97.